The van der Waals surface area contributed by atoms with Gasteiger partial charge in [-0.2, -0.15) is 0 Å². The third kappa shape index (κ3) is 2.19. The third-order valence-electron chi connectivity index (χ3n) is 2.39. The minimum Gasteiger partial charge on any atom is -0.480 e. The summed E-state index contributed by atoms with van der Waals surface area (Å²) < 4.78 is 25.1. The van der Waals surface area contributed by atoms with Crippen molar-refractivity contribution in [1.29, 1.82) is 0 Å². The number of hydrogen-bond acceptors (Lipinski definition) is 4. The second kappa shape index (κ2) is 4.58. The summed E-state index contributed by atoms with van der Waals surface area (Å²) >= 11 is 5.54. The van der Waals surface area contributed by atoms with Crippen LogP contribution < -0.4 is 0 Å². The minimum absolute atomic E-state index is 0.0433. The van der Waals surface area contributed by atoms with E-state index in [0.29, 0.717) is 5.69 Å². The molecule has 96 valence electrons. The number of rotatable bonds is 3. The Balaban J connectivity index is 2.36. The molecular formula is C10H9ClN2O4S. The zero-order chi connectivity index (χ0) is 13.3. The number of carbonyl (C=O) groups is 1. The average molecular weight is 289 g/mol. The molecular weight excluding hydrogens is 280 g/mol. The summed E-state index contributed by atoms with van der Waals surface area (Å²) in [6.07, 6.45) is 1.08. The number of para-hydroxylation sites is 1. The highest BCUT2D eigenvalue weighted by atomic mass is 35.5. The van der Waals surface area contributed by atoms with E-state index < -0.39 is 21.4 Å². The highest BCUT2D eigenvalue weighted by Crippen LogP contribution is 2.29. The molecule has 0 saturated heterocycles. The van der Waals surface area contributed by atoms with Gasteiger partial charge in [0.1, 0.15) is 16.6 Å². The molecule has 8 heteroatoms. The maximum Gasteiger partial charge on any atom is 0.323 e. The van der Waals surface area contributed by atoms with E-state index in [0.717, 1.165) is 10.6 Å². The van der Waals surface area contributed by atoms with Crippen LogP contribution in [0.4, 0.5) is 5.69 Å². The highest BCUT2D eigenvalue weighted by Gasteiger charge is 2.31. The molecule has 1 aliphatic rings. The van der Waals surface area contributed by atoms with Gasteiger partial charge in [0.05, 0.1) is 12.2 Å². The number of hydrogen-bond donors (Lipinski definition) is 1. The van der Waals surface area contributed by atoms with Crippen LogP contribution in [0.2, 0.25) is 0 Å². The van der Waals surface area contributed by atoms with E-state index in [1.807, 2.05) is 0 Å². The number of carboxylic acids is 1. The number of benzene rings is 1. The zero-order valence-electron chi connectivity index (χ0n) is 9.02. The maximum atomic E-state index is 12.1. The van der Waals surface area contributed by atoms with Gasteiger partial charge < -0.3 is 5.11 Å². The first-order valence-corrected chi connectivity index (χ1v) is 6.82. The van der Waals surface area contributed by atoms with Gasteiger partial charge >= 0.3 is 5.97 Å². The van der Waals surface area contributed by atoms with Gasteiger partial charge in [-0.05, 0) is 12.1 Å². The summed E-state index contributed by atoms with van der Waals surface area (Å²) in [6.45, 7) is -0.364. The molecule has 1 aromatic rings. The first-order chi connectivity index (χ1) is 8.43. The lowest BCUT2D eigenvalue weighted by atomic mass is 10.3. The summed E-state index contributed by atoms with van der Waals surface area (Å²) in [7, 11) is -3.78. The SMILES string of the molecule is O=C(O)C(Cl)CN1C=Nc2ccccc2S1(=O)=O. The lowest BCUT2D eigenvalue weighted by Gasteiger charge is -2.24. The Morgan fingerprint density at radius 1 is 1.44 bits per heavy atom. The number of fused-ring (bicyclic) bond motifs is 1. The molecule has 18 heavy (non-hydrogen) atoms. The normalized spacial score (nSPS) is 18.2. The number of carboxylic acid groups (broad SMARTS) is 1. The molecule has 2 rings (SSSR count). The molecule has 6 nitrogen and oxygen atoms in total. The average Bonchev–Trinajstić information content (AvgIpc) is 2.33. The fourth-order valence-electron chi connectivity index (χ4n) is 1.48. The third-order valence-corrected chi connectivity index (χ3v) is 4.47. The fourth-order valence-corrected chi connectivity index (χ4v) is 3.11. The lowest BCUT2D eigenvalue weighted by Crippen LogP contribution is -2.38. The second-order valence-corrected chi connectivity index (χ2v) is 5.98. The molecule has 1 N–H and O–H groups in total. The molecule has 1 aromatic carbocycles. The Labute approximate surface area is 109 Å². The number of halogens is 1. The van der Waals surface area contributed by atoms with E-state index in [-0.39, 0.29) is 11.4 Å². The van der Waals surface area contributed by atoms with E-state index in [1.54, 1.807) is 18.2 Å². The summed E-state index contributed by atoms with van der Waals surface area (Å²) in [6, 6.07) is 6.22. The molecule has 0 spiro atoms. The molecule has 0 amide bonds. The van der Waals surface area contributed by atoms with Gasteiger partial charge in [0, 0.05) is 0 Å². The van der Waals surface area contributed by atoms with E-state index in [9.17, 15) is 13.2 Å². The van der Waals surface area contributed by atoms with Crippen molar-refractivity contribution in [2.45, 2.75) is 10.3 Å². The lowest BCUT2D eigenvalue weighted by molar-refractivity contribution is -0.136. The Morgan fingerprint density at radius 2 is 2.11 bits per heavy atom. The predicted octanol–water partition coefficient (Wildman–Crippen LogP) is 1.04. The zero-order valence-corrected chi connectivity index (χ0v) is 10.6. The van der Waals surface area contributed by atoms with E-state index >= 15 is 0 Å². The van der Waals surface area contributed by atoms with Crippen LogP contribution in [0.1, 0.15) is 0 Å². The first-order valence-electron chi connectivity index (χ1n) is 4.95. The quantitative estimate of drug-likeness (QED) is 0.842. The molecule has 1 atom stereocenters. The smallest absolute Gasteiger partial charge is 0.323 e. The fraction of sp³-hybridized carbons (Fsp3) is 0.200. The van der Waals surface area contributed by atoms with Crippen molar-refractivity contribution in [2.24, 2.45) is 4.99 Å². The summed E-state index contributed by atoms with van der Waals surface area (Å²) in [5, 5.41) is 7.36. The van der Waals surface area contributed by atoms with Crippen LogP contribution >= 0.6 is 11.6 Å². The van der Waals surface area contributed by atoms with Gasteiger partial charge in [-0.1, -0.05) is 12.1 Å². The largest absolute Gasteiger partial charge is 0.480 e. The molecule has 0 bridgehead atoms. The monoisotopic (exact) mass is 288 g/mol. The van der Waals surface area contributed by atoms with Gasteiger partial charge in [-0.15, -0.1) is 11.6 Å². The van der Waals surface area contributed by atoms with Gasteiger partial charge in [0.2, 0.25) is 0 Å². The Hall–Kier alpha value is -1.60. The number of nitrogens with zero attached hydrogens (tertiary/aromatic N) is 2. The minimum atomic E-state index is -3.78. The van der Waals surface area contributed by atoms with Gasteiger partial charge in [-0.25, -0.2) is 13.4 Å². The molecule has 0 fully saturated rings. The Kier molecular flexibility index (Phi) is 3.27. The number of alkyl halides is 1. The summed E-state index contributed by atoms with van der Waals surface area (Å²) in [5.41, 5.74) is 0.329. The van der Waals surface area contributed by atoms with Crippen LogP contribution in [-0.2, 0) is 14.8 Å². The van der Waals surface area contributed by atoms with Crippen LogP contribution in [0.15, 0.2) is 34.2 Å². The van der Waals surface area contributed by atoms with E-state index in [1.165, 1.54) is 6.07 Å². The number of aliphatic carboxylic acids is 1. The number of sulfonamides is 1. The molecule has 1 aliphatic heterocycles. The van der Waals surface area contributed by atoms with Crippen LogP contribution in [-0.4, -0.2) is 42.1 Å². The molecule has 0 aliphatic carbocycles. The molecule has 0 saturated carbocycles. The molecule has 1 heterocycles. The Bertz CT molecular complexity index is 614. The van der Waals surface area contributed by atoms with Crippen molar-refractivity contribution in [3.63, 3.8) is 0 Å². The van der Waals surface area contributed by atoms with E-state index in [4.69, 9.17) is 16.7 Å². The van der Waals surface area contributed by atoms with Crippen molar-refractivity contribution in [1.82, 2.24) is 4.31 Å². The van der Waals surface area contributed by atoms with Crippen molar-refractivity contribution < 1.29 is 18.3 Å². The van der Waals surface area contributed by atoms with Gasteiger partial charge in [0.15, 0.2) is 0 Å². The van der Waals surface area contributed by atoms with Crippen LogP contribution in [0.3, 0.4) is 0 Å². The van der Waals surface area contributed by atoms with Gasteiger partial charge in [0.25, 0.3) is 10.0 Å². The molecule has 0 aromatic heterocycles. The topological polar surface area (TPSA) is 87.0 Å². The van der Waals surface area contributed by atoms with Crippen molar-refractivity contribution in [3.8, 4) is 0 Å². The van der Waals surface area contributed by atoms with Gasteiger partial charge in [-0.3, -0.25) is 9.10 Å². The van der Waals surface area contributed by atoms with Crippen molar-refractivity contribution >= 4 is 39.6 Å². The highest BCUT2D eigenvalue weighted by molar-refractivity contribution is 7.89. The standard InChI is InChI=1S/C10H9ClN2O4S/c11-7(10(14)15)5-13-6-12-8-3-1-2-4-9(8)18(13,16)17/h1-4,6-7H,5H2,(H,14,15). The Morgan fingerprint density at radius 3 is 2.78 bits per heavy atom. The number of aliphatic imine (C=N–C) groups is 1. The van der Waals surface area contributed by atoms with Crippen molar-refractivity contribution in [2.75, 3.05) is 6.54 Å². The first kappa shape index (κ1) is 12.8. The maximum absolute atomic E-state index is 12.1. The molecule has 0 radical (unpaired) electrons. The van der Waals surface area contributed by atoms with Crippen LogP contribution in [0.5, 0.6) is 0 Å². The van der Waals surface area contributed by atoms with Crippen LogP contribution in [0.25, 0.3) is 0 Å². The second-order valence-electron chi connectivity index (χ2n) is 3.59. The predicted molar refractivity (Wildman–Crippen MR) is 65.8 cm³/mol. The van der Waals surface area contributed by atoms with Crippen molar-refractivity contribution in [3.05, 3.63) is 24.3 Å². The summed E-state index contributed by atoms with van der Waals surface area (Å²) in [4.78, 5) is 14.6. The molecule has 1 unspecified atom stereocenters. The summed E-state index contributed by atoms with van der Waals surface area (Å²) in [5.74, 6) is -1.28. The van der Waals surface area contributed by atoms with Crippen LogP contribution in [0, 0.1) is 0 Å². The van der Waals surface area contributed by atoms with E-state index in [2.05, 4.69) is 4.99 Å².